The van der Waals surface area contributed by atoms with Crippen LogP contribution < -0.4 is 0 Å². The molecule has 0 aromatic carbocycles. The Balaban J connectivity index is 1.87. The quantitative estimate of drug-likeness (QED) is 0.605. The molecular formula is C10H16NO2. The molecule has 3 heteroatoms. The van der Waals surface area contributed by atoms with E-state index < -0.39 is 0 Å². The summed E-state index contributed by atoms with van der Waals surface area (Å²) in [6.07, 6.45) is 6.25. The molecule has 2 heterocycles. The molecule has 0 aromatic heterocycles. The zero-order valence-electron chi connectivity index (χ0n) is 7.87. The summed E-state index contributed by atoms with van der Waals surface area (Å²) < 4.78 is 5.36. The highest BCUT2D eigenvalue weighted by Gasteiger charge is 2.28. The number of nitrogens with zero attached hydrogens (tertiary/aromatic N) is 1. The summed E-state index contributed by atoms with van der Waals surface area (Å²) in [5.74, 6) is 0.202. The molecule has 2 aliphatic heterocycles. The van der Waals surface area contributed by atoms with E-state index in [1.54, 1.807) is 0 Å². The first-order valence-corrected chi connectivity index (χ1v) is 5.10. The standard InChI is InChI=1S/C10H16NO2/c12-10(9-5-4-8-13-9)11-6-2-1-3-7-11/h2,9H,1,3-8H2/t9-/m0/s1. The Kier molecular flexibility index (Phi) is 2.83. The van der Waals surface area contributed by atoms with E-state index in [2.05, 4.69) is 6.42 Å². The van der Waals surface area contributed by atoms with Crippen molar-refractivity contribution in [1.82, 2.24) is 4.90 Å². The second-order valence-corrected chi connectivity index (χ2v) is 3.72. The number of hydrogen-bond acceptors (Lipinski definition) is 2. The van der Waals surface area contributed by atoms with E-state index in [0.29, 0.717) is 0 Å². The largest absolute Gasteiger partial charge is 0.368 e. The predicted molar refractivity (Wildman–Crippen MR) is 49.1 cm³/mol. The summed E-state index contributed by atoms with van der Waals surface area (Å²) >= 11 is 0. The van der Waals surface area contributed by atoms with Gasteiger partial charge in [-0.05, 0) is 32.1 Å². The van der Waals surface area contributed by atoms with Gasteiger partial charge < -0.3 is 9.64 Å². The van der Waals surface area contributed by atoms with Crippen LogP contribution in [0.2, 0.25) is 0 Å². The van der Waals surface area contributed by atoms with Crippen molar-refractivity contribution in [2.45, 2.75) is 31.8 Å². The van der Waals surface area contributed by atoms with Crippen molar-refractivity contribution >= 4 is 5.91 Å². The van der Waals surface area contributed by atoms with Gasteiger partial charge >= 0.3 is 0 Å². The number of rotatable bonds is 1. The van der Waals surface area contributed by atoms with Crippen molar-refractivity contribution in [1.29, 1.82) is 0 Å². The average Bonchev–Trinajstić information content (AvgIpc) is 2.71. The van der Waals surface area contributed by atoms with Gasteiger partial charge in [-0.25, -0.2) is 0 Å². The zero-order chi connectivity index (χ0) is 9.10. The van der Waals surface area contributed by atoms with Crippen LogP contribution >= 0.6 is 0 Å². The van der Waals surface area contributed by atoms with Crippen LogP contribution in [0.25, 0.3) is 0 Å². The van der Waals surface area contributed by atoms with Gasteiger partial charge in [-0.1, -0.05) is 0 Å². The first kappa shape index (κ1) is 9.00. The van der Waals surface area contributed by atoms with Crippen LogP contribution in [0.4, 0.5) is 0 Å². The lowest BCUT2D eigenvalue weighted by atomic mass is 10.1. The van der Waals surface area contributed by atoms with Gasteiger partial charge in [0.2, 0.25) is 0 Å². The molecule has 0 spiro atoms. The van der Waals surface area contributed by atoms with E-state index in [-0.39, 0.29) is 12.0 Å². The van der Waals surface area contributed by atoms with Crippen molar-refractivity contribution in [2.24, 2.45) is 0 Å². The molecule has 1 atom stereocenters. The normalized spacial score (nSPS) is 29.2. The zero-order valence-corrected chi connectivity index (χ0v) is 7.87. The number of piperidine rings is 1. The third-order valence-corrected chi connectivity index (χ3v) is 2.70. The van der Waals surface area contributed by atoms with Crippen molar-refractivity contribution in [3.8, 4) is 0 Å². The van der Waals surface area contributed by atoms with Gasteiger partial charge in [-0.3, -0.25) is 4.79 Å². The summed E-state index contributed by atoms with van der Waals surface area (Å²) in [5.41, 5.74) is 0. The summed E-state index contributed by atoms with van der Waals surface area (Å²) in [5, 5.41) is 0. The number of ether oxygens (including phenoxy) is 1. The molecule has 0 aliphatic carbocycles. The van der Waals surface area contributed by atoms with Gasteiger partial charge in [0.15, 0.2) is 0 Å². The van der Waals surface area contributed by atoms with Crippen LogP contribution in [0, 0.1) is 6.42 Å². The summed E-state index contributed by atoms with van der Waals surface area (Å²) in [7, 11) is 0. The Morgan fingerprint density at radius 2 is 2.38 bits per heavy atom. The fourth-order valence-corrected chi connectivity index (χ4v) is 1.94. The summed E-state index contributed by atoms with van der Waals surface area (Å²) in [4.78, 5) is 13.7. The lowest BCUT2D eigenvalue weighted by Gasteiger charge is -2.28. The minimum Gasteiger partial charge on any atom is -0.368 e. The maximum absolute atomic E-state index is 11.8. The number of carbonyl (C=O) groups is 1. The molecule has 1 amide bonds. The highest BCUT2D eigenvalue weighted by molar-refractivity contribution is 5.81. The van der Waals surface area contributed by atoms with Crippen LogP contribution in [0.1, 0.15) is 25.7 Å². The van der Waals surface area contributed by atoms with Gasteiger partial charge in [0.1, 0.15) is 6.10 Å². The van der Waals surface area contributed by atoms with Gasteiger partial charge in [0.25, 0.3) is 5.91 Å². The third-order valence-electron chi connectivity index (χ3n) is 2.70. The molecule has 0 unspecified atom stereocenters. The predicted octanol–water partition coefficient (Wildman–Crippen LogP) is 0.992. The molecule has 0 N–H and O–H groups in total. The van der Waals surface area contributed by atoms with Crippen molar-refractivity contribution in [3.63, 3.8) is 0 Å². The molecule has 13 heavy (non-hydrogen) atoms. The number of carbonyl (C=O) groups excluding carboxylic acids is 1. The minimum atomic E-state index is -0.133. The maximum Gasteiger partial charge on any atom is 0.251 e. The Hall–Kier alpha value is -0.570. The molecule has 0 bridgehead atoms. The molecule has 0 saturated carbocycles. The molecule has 2 saturated heterocycles. The SMILES string of the molecule is O=C([C@@H]1CCCO1)N1C[CH]CCC1. The summed E-state index contributed by atoms with van der Waals surface area (Å²) in [6, 6.07) is 0. The monoisotopic (exact) mass is 182 g/mol. The van der Waals surface area contributed by atoms with Crippen molar-refractivity contribution in [2.75, 3.05) is 19.7 Å². The molecule has 2 fully saturated rings. The van der Waals surface area contributed by atoms with Crippen LogP contribution in [0.5, 0.6) is 0 Å². The van der Waals surface area contributed by atoms with E-state index in [9.17, 15) is 4.79 Å². The molecule has 0 aromatic rings. The highest BCUT2D eigenvalue weighted by Crippen LogP contribution is 2.17. The van der Waals surface area contributed by atoms with Gasteiger partial charge in [0, 0.05) is 19.7 Å². The van der Waals surface area contributed by atoms with E-state index in [1.165, 1.54) is 0 Å². The lowest BCUT2D eigenvalue weighted by Crippen LogP contribution is -2.42. The second kappa shape index (κ2) is 4.09. The van der Waals surface area contributed by atoms with E-state index >= 15 is 0 Å². The Morgan fingerprint density at radius 3 is 3.00 bits per heavy atom. The number of likely N-dealkylation sites (tertiary alicyclic amines) is 1. The fourth-order valence-electron chi connectivity index (χ4n) is 1.94. The van der Waals surface area contributed by atoms with E-state index in [0.717, 1.165) is 45.4 Å². The third kappa shape index (κ3) is 2.02. The van der Waals surface area contributed by atoms with Crippen molar-refractivity contribution < 1.29 is 9.53 Å². The minimum absolute atomic E-state index is 0.133. The molecule has 2 aliphatic rings. The fraction of sp³-hybridized carbons (Fsp3) is 0.800. The lowest BCUT2D eigenvalue weighted by molar-refractivity contribution is -0.141. The Bertz CT molecular complexity index is 181. The molecule has 2 rings (SSSR count). The first-order chi connectivity index (χ1) is 6.38. The smallest absolute Gasteiger partial charge is 0.251 e. The van der Waals surface area contributed by atoms with Gasteiger partial charge in [0.05, 0.1) is 0 Å². The van der Waals surface area contributed by atoms with Crippen molar-refractivity contribution in [3.05, 3.63) is 6.42 Å². The molecular weight excluding hydrogens is 166 g/mol. The molecule has 3 nitrogen and oxygen atoms in total. The Morgan fingerprint density at radius 1 is 1.46 bits per heavy atom. The van der Waals surface area contributed by atoms with E-state index in [4.69, 9.17) is 4.74 Å². The average molecular weight is 182 g/mol. The van der Waals surface area contributed by atoms with Crippen LogP contribution in [-0.2, 0) is 9.53 Å². The number of hydrogen-bond donors (Lipinski definition) is 0. The highest BCUT2D eigenvalue weighted by atomic mass is 16.5. The summed E-state index contributed by atoms with van der Waals surface area (Å²) in [6.45, 7) is 2.49. The maximum atomic E-state index is 11.8. The van der Waals surface area contributed by atoms with Gasteiger partial charge in [-0.2, -0.15) is 0 Å². The van der Waals surface area contributed by atoms with Crippen LogP contribution in [-0.4, -0.2) is 36.6 Å². The molecule has 73 valence electrons. The second-order valence-electron chi connectivity index (χ2n) is 3.72. The van der Waals surface area contributed by atoms with E-state index in [1.807, 2.05) is 4.90 Å². The molecule has 1 radical (unpaired) electrons. The van der Waals surface area contributed by atoms with Crippen LogP contribution in [0.3, 0.4) is 0 Å². The van der Waals surface area contributed by atoms with Gasteiger partial charge in [-0.15, -0.1) is 0 Å². The topological polar surface area (TPSA) is 29.5 Å². The first-order valence-electron chi connectivity index (χ1n) is 5.10. The van der Waals surface area contributed by atoms with Crippen LogP contribution in [0.15, 0.2) is 0 Å². The Labute approximate surface area is 79.0 Å². The number of amides is 1.